The number of fused-ring (bicyclic) bond motifs is 1. The lowest BCUT2D eigenvalue weighted by Crippen LogP contribution is -2.28. The highest BCUT2D eigenvalue weighted by molar-refractivity contribution is 6.33. The lowest BCUT2D eigenvalue weighted by molar-refractivity contribution is 0.686. The molecular formula is C24H30ClN5. The lowest BCUT2D eigenvalue weighted by atomic mass is 10.0. The molecule has 0 aliphatic carbocycles. The van der Waals surface area contributed by atoms with Gasteiger partial charge in [0.05, 0.1) is 10.7 Å². The Morgan fingerprint density at radius 2 is 1.93 bits per heavy atom. The fourth-order valence-corrected chi connectivity index (χ4v) is 5.03. The second kappa shape index (κ2) is 8.68. The van der Waals surface area contributed by atoms with E-state index >= 15 is 0 Å². The Labute approximate surface area is 184 Å². The normalized spacial score (nSPS) is 13.4. The maximum absolute atomic E-state index is 6.71. The van der Waals surface area contributed by atoms with Crippen molar-refractivity contribution in [2.45, 2.75) is 46.6 Å². The SMILES string of the molecule is CCCN(Cc1ccncc1)c1c2c(nn1C)N(c1c(C)cc(C)cc1Cl)CCC2. The summed E-state index contributed by atoms with van der Waals surface area (Å²) in [6.45, 7) is 9.23. The molecule has 0 bridgehead atoms. The Balaban J connectivity index is 1.76. The van der Waals surface area contributed by atoms with Gasteiger partial charge in [0.1, 0.15) is 5.82 Å². The van der Waals surface area contributed by atoms with Crippen LogP contribution in [0.3, 0.4) is 0 Å². The molecule has 4 rings (SSSR count). The van der Waals surface area contributed by atoms with Crippen LogP contribution in [0.4, 0.5) is 17.3 Å². The van der Waals surface area contributed by atoms with Gasteiger partial charge in [-0.05, 0) is 68.0 Å². The number of halogens is 1. The molecule has 2 aromatic heterocycles. The molecule has 1 aliphatic rings. The predicted molar refractivity (Wildman–Crippen MR) is 125 cm³/mol. The molecule has 5 nitrogen and oxygen atoms in total. The first-order chi connectivity index (χ1) is 14.5. The van der Waals surface area contributed by atoms with Crippen molar-refractivity contribution in [3.8, 4) is 0 Å². The molecule has 30 heavy (non-hydrogen) atoms. The van der Waals surface area contributed by atoms with E-state index < -0.39 is 0 Å². The first kappa shape index (κ1) is 20.7. The van der Waals surface area contributed by atoms with E-state index in [0.29, 0.717) is 0 Å². The topological polar surface area (TPSA) is 37.2 Å². The Morgan fingerprint density at radius 1 is 1.17 bits per heavy atom. The molecule has 0 fully saturated rings. The smallest absolute Gasteiger partial charge is 0.160 e. The summed E-state index contributed by atoms with van der Waals surface area (Å²) in [7, 11) is 2.06. The number of nitrogens with zero attached hydrogens (tertiary/aromatic N) is 5. The summed E-state index contributed by atoms with van der Waals surface area (Å²) >= 11 is 6.71. The third-order valence-electron chi connectivity index (χ3n) is 5.74. The van der Waals surface area contributed by atoms with Gasteiger partial charge in [-0.2, -0.15) is 5.10 Å². The largest absolute Gasteiger partial charge is 0.352 e. The van der Waals surface area contributed by atoms with Gasteiger partial charge in [-0.25, -0.2) is 0 Å². The molecule has 0 unspecified atom stereocenters. The van der Waals surface area contributed by atoms with E-state index in [0.717, 1.165) is 55.4 Å². The van der Waals surface area contributed by atoms with Crippen LogP contribution in [-0.2, 0) is 20.0 Å². The Morgan fingerprint density at radius 3 is 2.63 bits per heavy atom. The average Bonchev–Trinajstić information content (AvgIpc) is 3.04. The molecule has 0 atom stereocenters. The minimum absolute atomic E-state index is 0.801. The summed E-state index contributed by atoms with van der Waals surface area (Å²) in [5.74, 6) is 2.26. The van der Waals surface area contributed by atoms with E-state index in [4.69, 9.17) is 16.7 Å². The Kier molecular flexibility index (Phi) is 6.00. The summed E-state index contributed by atoms with van der Waals surface area (Å²) in [6.07, 6.45) is 6.93. The van der Waals surface area contributed by atoms with Crippen molar-refractivity contribution in [3.63, 3.8) is 0 Å². The number of pyridine rings is 1. The molecule has 0 N–H and O–H groups in total. The molecule has 0 radical (unpaired) electrons. The van der Waals surface area contributed by atoms with Crippen LogP contribution in [0.15, 0.2) is 36.7 Å². The molecule has 1 aromatic carbocycles. The first-order valence-electron chi connectivity index (χ1n) is 10.7. The number of hydrogen-bond acceptors (Lipinski definition) is 4. The predicted octanol–water partition coefficient (Wildman–Crippen LogP) is 5.59. The minimum Gasteiger partial charge on any atom is -0.352 e. The Bertz CT molecular complexity index is 1000. The zero-order valence-corrected chi connectivity index (χ0v) is 19.1. The lowest BCUT2D eigenvalue weighted by Gasteiger charge is -2.31. The van der Waals surface area contributed by atoms with Crippen LogP contribution in [0.2, 0.25) is 5.02 Å². The van der Waals surface area contributed by atoms with Crippen LogP contribution in [0, 0.1) is 13.8 Å². The van der Waals surface area contributed by atoms with Gasteiger partial charge in [-0.15, -0.1) is 0 Å². The highest BCUT2D eigenvalue weighted by Gasteiger charge is 2.30. The number of benzene rings is 1. The van der Waals surface area contributed by atoms with Gasteiger partial charge >= 0.3 is 0 Å². The molecule has 0 amide bonds. The molecule has 0 saturated carbocycles. The van der Waals surface area contributed by atoms with Crippen molar-refractivity contribution in [1.29, 1.82) is 0 Å². The molecule has 3 heterocycles. The second-order valence-corrected chi connectivity index (χ2v) is 8.60. The molecule has 0 saturated heterocycles. The van der Waals surface area contributed by atoms with E-state index in [9.17, 15) is 0 Å². The minimum atomic E-state index is 0.801. The number of aromatic nitrogens is 3. The van der Waals surface area contributed by atoms with E-state index in [2.05, 4.69) is 71.5 Å². The van der Waals surface area contributed by atoms with Crippen LogP contribution in [0.5, 0.6) is 0 Å². The van der Waals surface area contributed by atoms with Gasteiger partial charge in [0.2, 0.25) is 0 Å². The number of aryl methyl sites for hydroxylation is 3. The van der Waals surface area contributed by atoms with Gasteiger partial charge < -0.3 is 9.80 Å². The third kappa shape index (κ3) is 3.91. The van der Waals surface area contributed by atoms with E-state index in [1.165, 1.54) is 28.1 Å². The Hall–Kier alpha value is -2.53. The summed E-state index contributed by atoms with van der Waals surface area (Å²) in [4.78, 5) is 8.93. The van der Waals surface area contributed by atoms with Crippen LogP contribution in [-0.4, -0.2) is 27.9 Å². The molecule has 1 aliphatic heterocycles. The highest BCUT2D eigenvalue weighted by atomic mass is 35.5. The maximum Gasteiger partial charge on any atom is 0.160 e. The number of anilines is 3. The van der Waals surface area contributed by atoms with Crippen molar-refractivity contribution in [2.75, 3.05) is 22.9 Å². The maximum atomic E-state index is 6.71. The van der Waals surface area contributed by atoms with Crippen LogP contribution in [0.1, 0.15) is 42.0 Å². The van der Waals surface area contributed by atoms with Crippen LogP contribution in [0.25, 0.3) is 0 Å². The molecule has 0 spiro atoms. The van der Waals surface area contributed by atoms with Gasteiger partial charge in [0.15, 0.2) is 5.82 Å². The monoisotopic (exact) mass is 423 g/mol. The summed E-state index contributed by atoms with van der Waals surface area (Å²) in [5.41, 5.74) is 6.05. The standard InChI is InChI=1S/C24H30ClN5/c1-5-12-29(16-19-8-10-26-11-9-19)24-20-7-6-13-30(23(20)27-28(24)4)22-18(3)14-17(2)15-21(22)25/h8-11,14-15H,5-7,12-13,16H2,1-4H3. The number of hydrogen-bond donors (Lipinski definition) is 0. The van der Waals surface area contributed by atoms with E-state index in [1.54, 1.807) is 0 Å². The summed E-state index contributed by atoms with van der Waals surface area (Å²) in [6, 6.07) is 8.43. The van der Waals surface area contributed by atoms with Crippen LogP contribution < -0.4 is 9.80 Å². The van der Waals surface area contributed by atoms with E-state index in [-0.39, 0.29) is 0 Å². The molecule has 6 heteroatoms. The quantitative estimate of drug-likeness (QED) is 0.518. The first-order valence-corrected chi connectivity index (χ1v) is 11.1. The zero-order valence-electron chi connectivity index (χ0n) is 18.3. The highest BCUT2D eigenvalue weighted by Crippen LogP contribution is 2.42. The van der Waals surface area contributed by atoms with E-state index in [1.807, 2.05) is 12.4 Å². The van der Waals surface area contributed by atoms with Gasteiger partial charge in [-0.1, -0.05) is 24.6 Å². The van der Waals surface area contributed by atoms with Gasteiger partial charge in [0.25, 0.3) is 0 Å². The van der Waals surface area contributed by atoms with Crippen molar-refractivity contribution in [3.05, 3.63) is 63.9 Å². The van der Waals surface area contributed by atoms with Crippen molar-refractivity contribution in [2.24, 2.45) is 7.05 Å². The van der Waals surface area contributed by atoms with Gasteiger partial charge in [0, 0.05) is 44.6 Å². The molecular weight excluding hydrogens is 394 g/mol. The molecule has 158 valence electrons. The molecule has 3 aromatic rings. The second-order valence-electron chi connectivity index (χ2n) is 8.19. The van der Waals surface area contributed by atoms with Gasteiger partial charge in [-0.3, -0.25) is 9.67 Å². The van der Waals surface area contributed by atoms with Crippen molar-refractivity contribution < 1.29 is 0 Å². The average molecular weight is 424 g/mol. The third-order valence-corrected chi connectivity index (χ3v) is 6.03. The summed E-state index contributed by atoms with van der Waals surface area (Å²) in [5, 5.41) is 5.79. The summed E-state index contributed by atoms with van der Waals surface area (Å²) < 4.78 is 2.05. The van der Waals surface area contributed by atoms with Crippen molar-refractivity contribution in [1.82, 2.24) is 14.8 Å². The fourth-order valence-electron chi connectivity index (χ4n) is 4.61. The fraction of sp³-hybridized carbons (Fsp3) is 0.417. The van der Waals surface area contributed by atoms with Crippen molar-refractivity contribution >= 4 is 28.9 Å². The van der Waals surface area contributed by atoms with Crippen LogP contribution >= 0.6 is 11.6 Å². The number of rotatable bonds is 6. The zero-order chi connectivity index (χ0) is 21.3.